The molecule has 1 aliphatic heterocycles. The highest BCUT2D eigenvalue weighted by atomic mass is 79.9. The van der Waals surface area contributed by atoms with Gasteiger partial charge in [-0.25, -0.2) is 8.42 Å². The van der Waals surface area contributed by atoms with E-state index in [1.54, 1.807) is 18.2 Å². The lowest BCUT2D eigenvalue weighted by Crippen LogP contribution is -2.27. The van der Waals surface area contributed by atoms with Gasteiger partial charge < -0.3 is 9.84 Å². The Morgan fingerprint density at radius 2 is 1.73 bits per heavy atom. The number of halogens is 1. The molecule has 2 aromatic carbocycles. The number of benzene rings is 2. The van der Waals surface area contributed by atoms with E-state index >= 15 is 0 Å². The second-order valence-electron chi connectivity index (χ2n) is 7.00. The number of nitrogens with one attached hydrogen (secondary N) is 1. The molecule has 3 aromatic rings. The van der Waals surface area contributed by atoms with Crippen LogP contribution in [0.1, 0.15) is 23.2 Å². The number of hydrogen-bond donors (Lipinski definition) is 1. The van der Waals surface area contributed by atoms with Gasteiger partial charge in [0.1, 0.15) is 5.69 Å². The first-order valence-electron chi connectivity index (χ1n) is 9.53. The van der Waals surface area contributed by atoms with E-state index in [1.807, 2.05) is 24.3 Å². The normalized spacial score (nSPS) is 14.7. The molecule has 0 atom stereocenters. The molecule has 2 heterocycles. The van der Waals surface area contributed by atoms with Crippen LogP contribution in [0.2, 0.25) is 0 Å². The van der Waals surface area contributed by atoms with Gasteiger partial charge in [0.05, 0.1) is 11.4 Å². The van der Waals surface area contributed by atoms with Crippen molar-refractivity contribution in [2.24, 2.45) is 0 Å². The van der Waals surface area contributed by atoms with E-state index in [2.05, 4.69) is 26.4 Å². The Hall–Kier alpha value is -2.49. The topological polar surface area (TPSA) is 92.5 Å². The Bertz CT molecular complexity index is 1140. The quantitative estimate of drug-likeness (QED) is 0.500. The average Bonchev–Trinajstić information content (AvgIpc) is 3.45. The van der Waals surface area contributed by atoms with Crippen LogP contribution in [0.3, 0.4) is 0 Å². The van der Waals surface area contributed by atoms with Crippen LogP contribution in [0, 0.1) is 0 Å². The zero-order valence-electron chi connectivity index (χ0n) is 16.0. The van der Waals surface area contributed by atoms with Crippen LogP contribution in [0.15, 0.2) is 68.5 Å². The van der Waals surface area contributed by atoms with E-state index in [4.69, 9.17) is 4.52 Å². The third kappa shape index (κ3) is 4.48. The molecule has 1 saturated heterocycles. The van der Waals surface area contributed by atoms with Crippen LogP contribution < -0.4 is 5.32 Å². The van der Waals surface area contributed by atoms with Gasteiger partial charge in [0.15, 0.2) is 5.78 Å². The average molecular weight is 490 g/mol. The zero-order valence-corrected chi connectivity index (χ0v) is 18.4. The number of carbonyl (C=O) groups is 1. The Balaban J connectivity index is 1.38. The fourth-order valence-electron chi connectivity index (χ4n) is 3.28. The smallest absolute Gasteiger partial charge is 0.243 e. The fraction of sp³-hybridized carbons (Fsp3) is 0.238. The number of hydrogen-bond acceptors (Lipinski definition) is 6. The molecule has 156 valence electrons. The lowest BCUT2D eigenvalue weighted by atomic mass is 10.1. The lowest BCUT2D eigenvalue weighted by molar-refractivity contribution is 0.100. The molecule has 1 fully saturated rings. The van der Waals surface area contributed by atoms with Crippen molar-refractivity contribution < 1.29 is 17.7 Å². The predicted octanol–water partition coefficient (Wildman–Crippen LogP) is 4.18. The number of Topliss-reactive ketones (excluding diaryl/α,β-unsaturated/α-hetero) is 1. The molecule has 0 amide bonds. The maximum atomic E-state index is 12.6. The van der Waals surface area contributed by atoms with Crippen LogP contribution in [-0.4, -0.2) is 43.3 Å². The Kier molecular flexibility index (Phi) is 6.03. The summed E-state index contributed by atoms with van der Waals surface area (Å²) in [5.41, 5.74) is 1.99. The van der Waals surface area contributed by atoms with Crippen LogP contribution in [-0.2, 0) is 10.0 Å². The highest BCUT2D eigenvalue weighted by Crippen LogP contribution is 2.24. The fourth-order valence-corrected chi connectivity index (χ4v) is 5.06. The van der Waals surface area contributed by atoms with Crippen molar-refractivity contribution in [1.82, 2.24) is 9.46 Å². The van der Waals surface area contributed by atoms with Crippen molar-refractivity contribution in [2.75, 3.05) is 25.0 Å². The molecule has 0 radical (unpaired) electrons. The van der Waals surface area contributed by atoms with E-state index < -0.39 is 10.0 Å². The second kappa shape index (κ2) is 8.71. The molecule has 0 spiro atoms. The minimum atomic E-state index is -3.48. The van der Waals surface area contributed by atoms with Gasteiger partial charge in [-0.3, -0.25) is 4.79 Å². The summed E-state index contributed by atoms with van der Waals surface area (Å²) in [5, 5.41) is 6.93. The summed E-state index contributed by atoms with van der Waals surface area (Å²) >= 11 is 3.39. The van der Waals surface area contributed by atoms with Gasteiger partial charge in [-0.1, -0.05) is 33.2 Å². The van der Waals surface area contributed by atoms with Gasteiger partial charge in [0, 0.05) is 34.8 Å². The molecule has 1 N–H and O–H groups in total. The molecule has 0 bridgehead atoms. The minimum Gasteiger partial charge on any atom is -0.347 e. The van der Waals surface area contributed by atoms with Gasteiger partial charge in [-0.2, -0.15) is 4.31 Å². The summed E-state index contributed by atoms with van der Waals surface area (Å²) in [6.07, 6.45) is 1.76. The van der Waals surface area contributed by atoms with E-state index in [0.717, 1.165) is 22.9 Å². The lowest BCUT2D eigenvalue weighted by Gasteiger charge is -2.15. The first-order chi connectivity index (χ1) is 14.4. The molecular weight excluding hydrogens is 470 g/mol. The Morgan fingerprint density at radius 3 is 2.40 bits per heavy atom. The van der Waals surface area contributed by atoms with Crippen LogP contribution >= 0.6 is 15.9 Å². The van der Waals surface area contributed by atoms with Crippen molar-refractivity contribution >= 4 is 37.6 Å². The summed E-state index contributed by atoms with van der Waals surface area (Å²) in [6, 6.07) is 15.4. The van der Waals surface area contributed by atoms with Crippen molar-refractivity contribution in [1.29, 1.82) is 0 Å². The predicted molar refractivity (Wildman–Crippen MR) is 117 cm³/mol. The monoisotopic (exact) mass is 489 g/mol. The van der Waals surface area contributed by atoms with Gasteiger partial charge >= 0.3 is 0 Å². The molecule has 0 unspecified atom stereocenters. The van der Waals surface area contributed by atoms with Crippen molar-refractivity contribution in [2.45, 2.75) is 17.7 Å². The number of ketones is 1. The highest BCUT2D eigenvalue weighted by molar-refractivity contribution is 9.10. The molecule has 0 aliphatic carbocycles. The molecule has 9 heteroatoms. The van der Waals surface area contributed by atoms with Crippen molar-refractivity contribution in [3.63, 3.8) is 0 Å². The number of nitrogens with zero attached hydrogens (tertiary/aromatic N) is 2. The first kappa shape index (κ1) is 20.8. The third-order valence-electron chi connectivity index (χ3n) is 4.95. The maximum absolute atomic E-state index is 12.6. The number of rotatable bonds is 7. The van der Waals surface area contributed by atoms with Crippen LogP contribution in [0.25, 0.3) is 11.3 Å². The Morgan fingerprint density at radius 1 is 1.07 bits per heavy atom. The van der Waals surface area contributed by atoms with Crippen LogP contribution in [0.5, 0.6) is 0 Å². The first-order valence-corrected chi connectivity index (χ1v) is 11.8. The number of anilines is 1. The SMILES string of the molecule is O=C(CNc1cc(-c2ccc(Br)cc2)no1)c1ccc(S(=O)(=O)N2CCCC2)cc1. The van der Waals surface area contributed by atoms with E-state index in [1.165, 1.54) is 16.4 Å². The number of aromatic nitrogens is 1. The van der Waals surface area contributed by atoms with E-state index in [0.29, 0.717) is 30.2 Å². The second-order valence-corrected chi connectivity index (χ2v) is 9.85. The number of sulfonamides is 1. The molecule has 30 heavy (non-hydrogen) atoms. The molecule has 4 rings (SSSR count). The maximum Gasteiger partial charge on any atom is 0.243 e. The van der Waals surface area contributed by atoms with Gasteiger partial charge in [0.25, 0.3) is 0 Å². The minimum absolute atomic E-state index is 0.00714. The standard InChI is InChI=1S/C21H20BrN3O4S/c22-17-7-3-15(4-8-17)19-13-21(29-24-19)23-14-20(26)16-5-9-18(10-6-16)30(27,28)25-11-1-2-12-25/h3-10,13,23H,1-2,11-12,14H2. The largest absolute Gasteiger partial charge is 0.347 e. The summed E-state index contributed by atoms with van der Waals surface area (Å²) in [4.78, 5) is 12.7. The van der Waals surface area contributed by atoms with E-state index in [-0.39, 0.29) is 17.2 Å². The third-order valence-corrected chi connectivity index (χ3v) is 7.39. The molecular formula is C21H20BrN3O4S. The van der Waals surface area contributed by atoms with Gasteiger partial charge in [-0.05, 0) is 49.2 Å². The molecule has 1 aliphatic rings. The molecule has 7 nitrogen and oxygen atoms in total. The van der Waals surface area contributed by atoms with E-state index in [9.17, 15) is 13.2 Å². The van der Waals surface area contributed by atoms with Gasteiger partial charge in [-0.15, -0.1) is 0 Å². The Labute approximate surface area is 183 Å². The summed E-state index contributed by atoms with van der Waals surface area (Å²) in [5.74, 6) is 0.205. The highest BCUT2D eigenvalue weighted by Gasteiger charge is 2.27. The summed E-state index contributed by atoms with van der Waals surface area (Å²) < 4.78 is 32.8. The zero-order chi connectivity index (χ0) is 21.1. The van der Waals surface area contributed by atoms with Crippen molar-refractivity contribution in [3.8, 4) is 11.3 Å². The summed E-state index contributed by atoms with van der Waals surface area (Å²) in [7, 11) is -3.48. The van der Waals surface area contributed by atoms with Crippen molar-refractivity contribution in [3.05, 3.63) is 64.6 Å². The molecule has 0 saturated carbocycles. The van der Waals surface area contributed by atoms with Crippen LogP contribution in [0.4, 0.5) is 5.88 Å². The summed E-state index contributed by atoms with van der Waals surface area (Å²) in [6.45, 7) is 1.10. The molecule has 1 aromatic heterocycles. The van der Waals surface area contributed by atoms with Gasteiger partial charge in [0.2, 0.25) is 15.9 Å². The number of carbonyl (C=O) groups excluding carboxylic acids is 1.